The quantitative estimate of drug-likeness (QED) is 0.552. The number of carbonyl (C=O) groups is 1. The summed E-state index contributed by atoms with van der Waals surface area (Å²) in [4.78, 5) is 12.9. The Morgan fingerprint density at radius 1 is 1.23 bits per heavy atom. The summed E-state index contributed by atoms with van der Waals surface area (Å²) >= 11 is 0. The van der Waals surface area contributed by atoms with Crippen LogP contribution in [0.2, 0.25) is 0 Å². The van der Waals surface area contributed by atoms with E-state index in [0.717, 1.165) is 72.7 Å². The Morgan fingerprint density at radius 3 is 2.73 bits per heavy atom. The molecule has 4 N–H and O–H groups in total. The molecule has 0 radical (unpaired) electrons. The van der Waals surface area contributed by atoms with E-state index in [9.17, 15) is 4.79 Å². The molecule has 30 heavy (non-hydrogen) atoms. The third-order valence-electron chi connectivity index (χ3n) is 6.42. The number of fused-ring (bicyclic) bond motifs is 2. The highest BCUT2D eigenvalue weighted by Gasteiger charge is 2.52. The second-order valence-corrected chi connectivity index (χ2v) is 8.26. The molecule has 5 rings (SSSR count). The molecule has 0 aromatic heterocycles. The molecule has 0 bridgehead atoms. The maximum atomic E-state index is 12.9. The highest BCUT2D eigenvalue weighted by atomic mass is 16.5. The van der Waals surface area contributed by atoms with Gasteiger partial charge >= 0.3 is 0 Å². The van der Waals surface area contributed by atoms with E-state index in [2.05, 4.69) is 22.0 Å². The molecule has 154 valence electrons. The van der Waals surface area contributed by atoms with Crippen LogP contribution < -0.4 is 20.7 Å². The Hall–Kier alpha value is -3.12. The van der Waals surface area contributed by atoms with Crippen LogP contribution >= 0.6 is 0 Å². The van der Waals surface area contributed by atoms with Crippen LogP contribution in [0.25, 0.3) is 5.70 Å². The minimum atomic E-state index is -0.431. The fourth-order valence-corrected chi connectivity index (χ4v) is 4.63. The van der Waals surface area contributed by atoms with Crippen LogP contribution in [0.3, 0.4) is 0 Å². The molecule has 2 heterocycles. The number of nitrogens with one attached hydrogen (secondary N) is 4. The maximum Gasteiger partial charge on any atom is 0.235 e. The van der Waals surface area contributed by atoms with Gasteiger partial charge in [-0.25, -0.2) is 0 Å². The fraction of sp³-hybridized carbons (Fsp3) is 0.333. The van der Waals surface area contributed by atoms with Gasteiger partial charge in [-0.3, -0.25) is 4.79 Å². The molecular weight excluding hydrogens is 376 g/mol. The number of carbonyl (C=O) groups excluding carboxylic acids is 1. The standard InChI is InChI=1S/C24H26N4O2/c25-11-7-20(27-17-5-2-1-3-6-17)16-13-19-22(28-23(29)24(19)9-4-10-24)21(14-16)30-18-8-12-26-15-18/h1-3,5-7,11,13-14,18,25-27H,4,8-10,12,15H2,(H,28,29)/b20-7-,25-11?. The first kappa shape index (κ1) is 18.9. The lowest BCUT2D eigenvalue weighted by Gasteiger charge is -2.36. The average Bonchev–Trinajstić information content (AvgIpc) is 3.33. The van der Waals surface area contributed by atoms with Crippen LogP contribution in [0, 0.1) is 5.41 Å². The van der Waals surface area contributed by atoms with E-state index in [1.165, 1.54) is 6.21 Å². The van der Waals surface area contributed by atoms with Gasteiger partial charge in [-0.15, -0.1) is 0 Å². The molecule has 2 aromatic rings. The second-order valence-electron chi connectivity index (χ2n) is 8.26. The number of ether oxygens (including phenoxy) is 1. The first-order valence-electron chi connectivity index (χ1n) is 10.6. The molecule has 6 heteroatoms. The Bertz CT molecular complexity index is 1010. The van der Waals surface area contributed by atoms with Crippen LogP contribution in [-0.2, 0) is 10.2 Å². The van der Waals surface area contributed by atoms with Gasteiger partial charge in [0.05, 0.1) is 11.1 Å². The topological polar surface area (TPSA) is 86.2 Å². The zero-order valence-electron chi connectivity index (χ0n) is 16.8. The van der Waals surface area contributed by atoms with E-state index in [-0.39, 0.29) is 12.0 Å². The largest absolute Gasteiger partial charge is 0.487 e. The van der Waals surface area contributed by atoms with Gasteiger partial charge in [-0.1, -0.05) is 24.6 Å². The third-order valence-corrected chi connectivity index (χ3v) is 6.42. The van der Waals surface area contributed by atoms with Gasteiger partial charge in [0.1, 0.15) is 11.9 Å². The highest BCUT2D eigenvalue weighted by molar-refractivity contribution is 6.09. The van der Waals surface area contributed by atoms with Gasteiger partial charge in [0, 0.05) is 29.7 Å². The summed E-state index contributed by atoms with van der Waals surface area (Å²) in [7, 11) is 0. The molecule has 2 fully saturated rings. The molecule has 1 spiro atoms. The second kappa shape index (κ2) is 7.61. The van der Waals surface area contributed by atoms with Crippen LogP contribution in [0.4, 0.5) is 11.4 Å². The summed E-state index contributed by atoms with van der Waals surface area (Å²) in [5.74, 6) is 0.808. The molecule has 2 aromatic carbocycles. The van der Waals surface area contributed by atoms with E-state index in [0.29, 0.717) is 0 Å². The number of hydrogen-bond acceptors (Lipinski definition) is 5. The Labute approximate surface area is 176 Å². The normalized spacial score (nSPS) is 21.7. The summed E-state index contributed by atoms with van der Waals surface area (Å²) in [6.45, 7) is 1.75. The van der Waals surface area contributed by atoms with Crippen molar-refractivity contribution in [3.05, 3.63) is 59.7 Å². The lowest BCUT2D eigenvalue weighted by Crippen LogP contribution is -2.40. The monoisotopic (exact) mass is 402 g/mol. The molecule has 3 aliphatic rings. The molecule has 1 saturated heterocycles. The van der Waals surface area contributed by atoms with Gasteiger partial charge in [-0.2, -0.15) is 0 Å². The van der Waals surface area contributed by atoms with Gasteiger partial charge in [0.15, 0.2) is 0 Å². The minimum Gasteiger partial charge on any atom is -0.487 e. The molecule has 1 saturated carbocycles. The van der Waals surface area contributed by atoms with Crippen LogP contribution in [-0.4, -0.2) is 31.3 Å². The Balaban J connectivity index is 1.58. The molecule has 1 amide bonds. The molecule has 1 unspecified atom stereocenters. The summed E-state index contributed by atoms with van der Waals surface area (Å²) in [6, 6.07) is 14.0. The van der Waals surface area contributed by atoms with Crippen molar-refractivity contribution in [1.82, 2.24) is 5.32 Å². The smallest absolute Gasteiger partial charge is 0.235 e. The number of para-hydroxylation sites is 1. The predicted octanol–water partition coefficient (Wildman–Crippen LogP) is 3.90. The third kappa shape index (κ3) is 3.17. The van der Waals surface area contributed by atoms with Crippen LogP contribution in [0.1, 0.15) is 36.8 Å². The number of allylic oxidation sites excluding steroid dienone is 1. The number of benzene rings is 2. The maximum absolute atomic E-state index is 12.9. The van der Waals surface area contributed by atoms with E-state index in [4.69, 9.17) is 10.1 Å². The van der Waals surface area contributed by atoms with Gasteiger partial charge in [0.2, 0.25) is 5.91 Å². The highest BCUT2D eigenvalue weighted by Crippen LogP contribution is 2.54. The molecule has 1 aliphatic carbocycles. The first-order chi connectivity index (χ1) is 14.7. The number of anilines is 2. The molecule has 2 aliphatic heterocycles. The number of rotatable bonds is 6. The van der Waals surface area contributed by atoms with E-state index < -0.39 is 5.41 Å². The van der Waals surface area contributed by atoms with Crippen molar-refractivity contribution in [2.75, 3.05) is 23.7 Å². The number of hydrogen-bond donors (Lipinski definition) is 4. The molecular formula is C24H26N4O2. The fourth-order valence-electron chi connectivity index (χ4n) is 4.63. The summed E-state index contributed by atoms with van der Waals surface area (Å²) in [5.41, 5.74) is 4.10. The first-order valence-corrected chi connectivity index (χ1v) is 10.6. The van der Waals surface area contributed by atoms with Gasteiger partial charge in [0.25, 0.3) is 0 Å². The van der Waals surface area contributed by atoms with Gasteiger partial charge < -0.3 is 26.1 Å². The lowest BCUT2D eigenvalue weighted by atomic mass is 9.65. The van der Waals surface area contributed by atoms with Crippen molar-refractivity contribution in [2.45, 2.75) is 37.2 Å². The lowest BCUT2D eigenvalue weighted by molar-refractivity contribution is -0.123. The summed E-state index contributed by atoms with van der Waals surface area (Å²) < 4.78 is 6.36. The van der Waals surface area contributed by atoms with Crippen molar-refractivity contribution < 1.29 is 9.53 Å². The summed E-state index contributed by atoms with van der Waals surface area (Å²) in [5, 5.41) is 17.5. The zero-order valence-corrected chi connectivity index (χ0v) is 16.8. The Morgan fingerprint density at radius 2 is 2.07 bits per heavy atom. The van der Waals surface area contributed by atoms with Gasteiger partial charge in [-0.05, 0) is 61.7 Å². The molecule has 6 nitrogen and oxygen atoms in total. The van der Waals surface area contributed by atoms with Crippen LogP contribution in [0.5, 0.6) is 5.75 Å². The average molecular weight is 402 g/mol. The Kier molecular flexibility index (Phi) is 4.79. The zero-order chi connectivity index (χ0) is 20.6. The van der Waals surface area contributed by atoms with E-state index in [1.54, 1.807) is 6.08 Å². The summed E-state index contributed by atoms with van der Waals surface area (Å²) in [6.07, 6.45) is 6.87. The SMILES string of the molecule is N=C/C=C(\Nc1ccccc1)c1cc(OC2CCNC2)c2c(c1)C1(CCC1)C(=O)N2. The van der Waals surface area contributed by atoms with Crippen molar-refractivity contribution >= 4 is 29.2 Å². The van der Waals surface area contributed by atoms with Crippen LogP contribution in [0.15, 0.2) is 48.5 Å². The molecule has 1 atom stereocenters. The van der Waals surface area contributed by atoms with Crippen molar-refractivity contribution in [2.24, 2.45) is 0 Å². The minimum absolute atomic E-state index is 0.0869. The number of amides is 1. The van der Waals surface area contributed by atoms with E-state index >= 15 is 0 Å². The van der Waals surface area contributed by atoms with E-state index in [1.807, 2.05) is 36.4 Å². The predicted molar refractivity (Wildman–Crippen MR) is 119 cm³/mol. The van der Waals surface area contributed by atoms with Crippen molar-refractivity contribution in [3.63, 3.8) is 0 Å². The van der Waals surface area contributed by atoms with Crippen molar-refractivity contribution in [3.8, 4) is 5.75 Å². The van der Waals surface area contributed by atoms with Crippen molar-refractivity contribution in [1.29, 1.82) is 5.41 Å².